The molecule has 0 N–H and O–H groups in total. The minimum atomic E-state index is -4.51. The number of rotatable bonds is 1. The van der Waals surface area contributed by atoms with Crippen LogP contribution >= 0.6 is 11.6 Å². The second-order valence-electron chi connectivity index (χ2n) is 2.58. The van der Waals surface area contributed by atoms with Gasteiger partial charge >= 0.3 is 6.18 Å². The molecule has 0 atom stereocenters. The zero-order chi connectivity index (χ0) is 10.8. The lowest BCUT2D eigenvalue weighted by atomic mass is 10.0. The fourth-order valence-electron chi connectivity index (χ4n) is 1.08. The maximum absolute atomic E-state index is 12.4. The third kappa shape index (κ3) is 1.99. The van der Waals surface area contributed by atoms with E-state index in [0.717, 1.165) is 6.07 Å². The van der Waals surface area contributed by atoms with Crippen molar-refractivity contribution < 1.29 is 13.2 Å². The number of alkyl halides is 4. The molecular formula is C9H5ClF3N. The lowest BCUT2D eigenvalue weighted by Gasteiger charge is -2.10. The van der Waals surface area contributed by atoms with Gasteiger partial charge in [-0.25, -0.2) is 0 Å². The van der Waals surface area contributed by atoms with Crippen LogP contribution in [-0.2, 0) is 12.1 Å². The minimum Gasteiger partial charge on any atom is -0.192 e. The van der Waals surface area contributed by atoms with Crippen LogP contribution in [0.4, 0.5) is 13.2 Å². The van der Waals surface area contributed by atoms with Gasteiger partial charge in [0.15, 0.2) is 0 Å². The molecule has 0 unspecified atom stereocenters. The summed E-state index contributed by atoms with van der Waals surface area (Å²) in [5.41, 5.74) is -1.13. The molecule has 0 spiro atoms. The van der Waals surface area contributed by atoms with E-state index in [1.165, 1.54) is 18.2 Å². The third-order valence-corrected chi connectivity index (χ3v) is 2.00. The predicted molar refractivity (Wildman–Crippen MR) is 45.7 cm³/mol. The number of hydrogen-bond acceptors (Lipinski definition) is 1. The zero-order valence-corrected chi connectivity index (χ0v) is 7.65. The molecule has 0 bridgehead atoms. The Labute approximate surface area is 83.7 Å². The highest BCUT2D eigenvalue weighted by atomic mass is 35.5. The molecule has 0 amide bonds. The smallest absolute Gasteiger partial charge is 0.192 e. The Morgan fingerprint density at radius 3 is 2.43 bits per heavy atom. The van der Waals surface area contributed by atoms with Gasteiger partial charge in [0.2, 0.25) is 0 Å². The van der Waals surface area contributed by atoms with Gasteiger partial charge in [0.05, 0.1) is 11.1 Å². The van der Waals surface area contributed by atoms with E-state index in [9.17, 15) is 13.2 Å². The molecule has 5 heteroatoms. The van der Waals surface area contributed by atoms with E-state index in [1.54, 1.807) is 0 Å². The van der Waals surface area contributed by atoms with Crippen LogP contribution in [-0.4, -0.2) is 0 Å². The van der Waals surface area contributed by atoms with Gasteiger partial charge in [-0.2, -0.15) is 18.4 Å². The summed E-state index contributed by atoms with van der Waals surface area (Å²) < 4.78 is 37.1. The SMILES string of the molecule is N#Cc1c(CCl)cccc1C(F)(F)F. The Balaban J connectivity index is 3.39. The van der Waals surface area contributed by atoms with E-state index in [4.69, 9.17) is 16.9 Å². The van der Waals surface area contributed by atoms with Crippen LogP contribution in [0.1, 0.15) is 16.7 Å². The Bertz CT molecular complexity index is 379. The molecule has 0 heterocycles. The topological polar surface area (TPSA) is 23.8 Å². The molecule has 0 saturated carbocycles. The molecule has 1 aromatic carbocycles. The number of benzene rings is 1. The van der Waals surface area contributed by atoms with E-state index in [2.05, 4.69) is 0 Å². The third-order valence-electron chi connectivity index (χ3n) is 1.71. The number of halogens is 4. The molecule has 0 saturated heterocycles. The van der Waals surface area contributed by atoms with Gasteiger partial charge in [0.1, 0.15) is 6.07 Å². The fraction of sp³-hybridized carbons (Fsp3) is 0.222. The average molecular weight is 220 g/mol. The van der Waals surface area contributed by atoms with Crippen molar-refractivity contribution in [3.05, 3.63) is 34.9 Å². The van der Waals surface area contributed by atoms with Crippen LogP contribution < -0.4 is 0 Å². The summed E-state index contributed by atoms with van der Waals surface area (Å²) in [6.07, 6.45) is -4.51. The second-order valence-corrected chi connectivity index (χ2v) is 2.85. The van der Waals surface area contributed by atoms with Crippen molar-refractivity contribution in [2.45, 2.75) is 12.1 Å². The lowest BCUT2D eigenvalue weighted by molar-refractivity contribution is -0.137. The fourth-order valence-corrected chi connectivity index (χ4v) is 1.30. The van der Waals surface area contributed by atoms with Crippen molar-refractivity contribution >= 4 is 11.6 Å². The van der Waals surface area contributed by atoms with Crippen LogP contribution in [0.15, 0.2) is 18.2 Å². The molecule has 0 fully saturated rings. The Morgan fingerprint density at radius 1 is 1.36 bits per heavy atom. The van der Waals surface area contributed by atoms with Gasteiger partial charge in [0, 0.05) is 5.88 Å². The second kappa shape index (κ2) is 3.89. The molecule has 1 aromatic rings. The highest BCUT2D eigenvalue weighted by molar-refractivity contribution is 6.17. The van der Waals surface area contributed by atoms with Gasteiger partial charge in [-0.15, -0.1) is 11.6 Å². The van der Waals surface area contributed by atoms with Gasteiger partial charge < -0.3 is 0 Å². The molecular weight excluding hydrogens is 215 g/mol. The molecule has 0 aliphatic rings. The lowest BCUT2D eigenvalue weighted by Crippen LogP contribution is -2.09. The van der Waals surface area contributed by atoms with Crippen molar-refractivity contribution in [2.75, 3.05) is 0 Å². The maximum Gasteiger partial charge on any atom is 0.417 e. The van der Waals surface area contributed by atoms with E-state index < -0.39 is 17.3 Å². The standard InChI is InChI=1S/C9H5ClF3N/c10-4-6-2-1-3-8(7(6)5-14)9(11,12)13/h1-3H,4H2. The van der Waals surface area contributed by atoms with Crippen molar-refractivity contribution in [1.29, 1.82) is 5.26 Å². The molecule has 0 radical (unpaired) electrons. The quantitative estimate of drug-likeness (QED) is 0.665. The van der Waals surface area contributed by atoms with Crippen molar-refractivity contribution in [3.8, 4) is 6.07 Å². The Kier molecular flexibility index (Phi) is 3.02. The molecule has 1 rings (SSSR count). The monoisotopic (exact) mass is 219 g/mol. The first kappa shape index (κ1) is 10.9. The van der Waals surface area contributed by atoms with Crippen LogP contribution in [0, 0.1) is 11.3 Å². The zero-order valence-electron chi connectivity index (χ0n) is 6.90. The van der Waals surface area contributed by atoms with Gasteiger partial charge in [-0.1, -0.05) is 12.1 Å². The molecule has 0 aromatic heterocycles. The van der Waals surface area contributed by atoms with Crippen molar-refractivity contribution in [2.24, 2.45) is 0 Å². The summed E-state index contributed by atoms with van der Waals surface area (Å²) in [5, 5.41) is 8.59. The summed E-state index contributed by atoms with van der Waals surface area (Å²) in [6.45, 7) is 0. The Hall–Kier alpha value is -1.21. The van der Waals surface area contributed by atoms with Crippen LogP contribution in [0.2, 0.25) is 0 Å². The normalized spacial score (nSPS) is 11.1. The molecule has 74 valence electrons. The largest absolute Gasteiger partial charge is 0.417 e. The van der Waals surface area contributed by atoms with Gasteiger partial charge in [-0.3, -0.25) is 0 Å². The first-order valence-corrected chi connectivity index (χ1v) is 4.19. The Morgan fingerprint density at radius 2 is 2.00 bits per heavy atom. The summed E-state index contributed by atoms with van der Waals surface area (Å²) in [4.78, 5) is 0. The first-order chi connectivity index (χ1) is 6.50. The minimum absolute atomic E-state index is 0.104. The van der Waals surface area contributed by atoms with Crippen LogP contribution in [0.25, 0.3) is 0 Å². The highest BCUT2D eigenvalue weighted by Gasteiger charge is 2.34. The van der Waals surface area contributed by atoms with E-state index in [-0.39, 0.29) is 11.4 Å². The van der Waals surface area contributed by atoms with Crippen LogP contribution in [0.3, 0.4) is 0 Å². The van der Waals surface area contributed by atoms with E-state index >= 15 is 0 Å². The molecule has 14 heavy (non-hydrogen) atoms. The van der Waals surface area contributed by atoms with E-state index in [1.807, 2.05) is 0 Å². The number of nitrogens with zero attached hydrogens (tertiary/aromatic N) is 1. The van der Waals surface area contributed by atoms with Gasteiger partial charge in [-0.05, 0) is 11.6 Å². The van der Waals surface area contributed by atoms with E-state index in [0.29, 0.717) is 0 Å². The van der Waals surface area contributed by atoms with Crippen molar-refractivity contribution in [3.63, 3.8) is 0 Å². The maximum atomic E-state index is 12.4. The number of nitriles is 1. The summed E-state index contributed by atoms with van der Waals surface area (Å²) in [7, 11) is 0. The van der Waals surface area contributed by atoms with Gasteiger partial charge in [0.25, 0.3) is 0 Å². The van der Waals surface area contributed by atoms with Crippen molar-refractivity contribution in [1.82, 2.24) is 0 Å². The highest BCUT2D eigenvalue weighted by Crippen LogP contribution is 2.33. The number of hydrogen-bond donors (Lipinski definition) is 0. The first-order valence-electron chi connectivity index (χ1n) is 3.66. The summed E-state index contributed by atoms with van der Waals surface area (Å²) in [6, 6.07) is 5.03. The summed E-state index contributed by atoms with van der Waals surface area (Å²) >= 11 is 5.41. The summed E-state index contributed by atoms with van der Waals surface area (Å²) in [5.74, 6) is -0.104. The predicted octanol–water partition coefficient (Wildman–Crippen LogP) is 3.32. The average Bonchev–Trinajstić information content (AvgIpc) is 2.15. The molecule has 0 aliphatic carbocycles. The van der Waals surface area contributed by atoms with Crippen LogP contribution in [0.5, 0.6) is 0 Å². The molecule has 0 aliphatic heterocycles. The molecule has 1 nitrogen and oxygen atoms in total.